The number of rotatable bonds is 8. The molecule has 1 aromatic carbocycles. The molecular formula is C29H36ClF5N4O3. The third-order valence-corrected chi connectivity index (χ3v) is 8.75. The smallest absolute Gasteiger partial charge is 0.374 e. The molecule has 2 aliphatic rings. The minimum absolute atomic E-state index is 0.0149. The zero-order chi connectivity index (χ0) is 30.9. The molecule has 2 saturated heterocycles. The van der Waals surface area contributed by atoms with Crippen molar-refractivity contribution in [2.75, 3.05) is 45.2 Å². The molecule has 1 aromatic heterocycles. The number of pyridine rings is 1. The Kier molecular flexibility index (Phi) is 9.71. The summed E-state index contributed by atoms with van der Waals surface area (Å²) in [5.74, 6) is -6.04. The van der Waals surface area contributed by atoms with Crippen LogP contribution in [0.15, 0.2) is 42.5 Å². The Balaban J connectivity index is 1.33. The number of aromatic nitrogens is 1. The SMILES string of the molecule is CN(C)C(O)c1ccc(N2CCC(CC3CCN(C(=O)[C@](O)(c4ccccc4)C(F)(F)C(F)(F)F)CC3)CC2)nc1Cl. The number of aliphatic hydroxyl groups excluding tert-OH is 1. The van der Waals surface area contributed by atoms with E-state index in [1.54, 1.807) is 25.1 Å². The normalized spacial score (nSPS) is 20.1. The minimum Gasteiger partial charge on any atom is -0.374 e. The third-order valence-electron chi connectivity index (χ3n) is 8.45. The number of anilines is 1. The van der Waals surface area contributed by atoms with Crippen molar-refractivity contribution in [1.82, 2.24) is 14.8 Å². The van der Waals surface area contributed by atoms with Crippen molar-refractivity contribution < 1.29 is 37.0 Å². The molecule has 7 nitrogen and oxygen atoms in total. The molecule has 0 spiro atoms. The molecule has 0 bridgehead atoms. The highest BCUT2D eigenvalue weighted by atomic mass is 35.5. The van der Waals surface area contributed by atoms with Crippen LogP contribution < -0.4 is 4.90 Å². The fourth-order valence-corrected chi connectivity index (χ4v) is 6.12. The summed E-state index contributed by atoms with van der Waals surface area (Å²) in [6.07, 6.45) is -3.49. The molecule has 3 heterocycles. The number of carbonyl (C=O) groups excluding carboxylic acids is 1. The molecule has 2 aromatic rings. The number of alkyl halides is 5. The van der Waals surface area contributed by atoms with E-state index < -0.39 is 35.4 Å². The predicted molar refractivity (Wildman–Crippen MR) is 148 cm³/mol. The van der Waals surface area contributed by atoms with Gasteiger partial charge in [0.05, 0.1) is 0 Å². The van der Waals surface area contributed by atoms with Gasteiger partial charge in [-0.15, -0.1) is 0 Å². The summed E-state index contributed by atoms with van der Waals surface area (Å²) in [7, 11) is 3.47. The molecule has 2 aliphatic heterocycles. The summed E-state index contributed by atoms with van der Waals surface area (Å²) in [5.41, 5.74) is -4.34. The van der Waals surface area contributed by atoms with Crippen LogP contribution in [0.1, 0.15) is 49.5 Å². The van der Waals surface area contributed by atoms with Crippen LogP contribution in [0, 0.1) is 11.8 Å². The van der Waals surface area contributed by atoms with Gasteiger partial charge in [0.1, 0.15) is 17.2 Å². The number of piperidine rings is 2. The Morgan fingerprint density at radius 2 is 1.52 bits per heavy atom. The first-order valence-electron chi connectivity index (χ1n) is 13.9. The van der Waals surface area contributed by atoms with Crippen molar-refractivity contribution in [2.45, 2.75) is 56.0 Å². The Hall–Kier alpha value is -2.54. The van der Waals surface area contributed by atoms with Crippen LogP contribution in [0.4, 0.5) is 27.8 Å². The second kappa shape index (κ2) is 12.6. The van der Waals surface area contributed by atoms with Gasteiger partial charge >= 0.3 is 12.1 Å². The molecule has 1 amide bonds. The van der Waals surface area contributed by atoms with Gasteiger partial charge in [-0.3, -0.25) is 9.69 Å². The van der Waals surface area contributed by atoms with Gasteiger partial charge in [0, 0.05) is 31.7 Å². The first-order chi connectivity index (χ1) is 19.7. The molecule has 2 fully saturated rings. The average Bonchev–Trinajstić information content (AvgIpc) is 2.96. The third kappa shape index (κ3) is 6.36. The van der Waals surface area contributed by atoms with Crippen molar-refractivity contribution in [3.8, 4) is 0 Å². The molecule has 4 rings (SSSR count). The molecule has 13 heteroatoms. The van der Waals surface area contributed by atoms with E-state index in [1.807, 2.05) is 6.07 Å². The van der Waals surface area contributed by atoms with Gasteiger partial charge in [-0.05, 0) is 75.7 Å². The lowest BCUT2D eigenvalue weighted by Crippen LogP contribution is -2.63. The number of carbonyl (C=O) groups is 1. The number of benzene rings is 1. The van der Waals surface area contributed by atoms with Crippen molar-refractivity contribution in [2.24, 2.45) is 11.8 Å². The molecule has 42 heavy (non-hydrogen) atoms. The van der Waals surface area contributed by atoms with Gasteiger partial charge < -0.3 is 20.0 Å². The topological polar surface area (TPSA) is 80.1 Å². The first kappa shape index (κ1) is 32.4. The molecule has 2 atom stereocenters. The van der Waals surface area contributed by atoms with Crippen LogP contribution in [0.2, 0.25) is 5.15 Å². The predicted octanol–water partition coefficient (Wildman–Crippen LogP) is 5.22. The lowest BCUT2D eigenvalue weighted by Gasteiger charge is -2.42. The summed E-state index contributed by atoms with van der Waals surface area (Å²) >= 11 is 6.32. The Bertz CT molecular complexity index is 1220. The van der Waals surface area contributed by atoms with E-state index in [9.17, 15) is 37.0 Å². The summed E-state index contributed by atoms with van der Waals surface area (Å²) in [5, 5.41) is 21.3. The molecular weight excluding hydrogens is 583 g/mol. The molecule has 232 valence electrons. The fraction of sp³-hybridized carbons (Fsp3) is 0.586. The van der Waals surface area contributed by atoms with Gasteiger partial charge in [0.2, 0.25) is 5.60 Å². The second-order valence-corrected chi connectivity index (χ2v) is 11.8. The standard InChI is InChI=1S/C29H36ClF5N4O3/c1-37(2)25(40)22-8-9-23(36-24(22)30)38-14-10-19(11-15-38)18-20-12-16-39(17-13-20)26(41)27(42,21-6-4-3-5-7-21)28(31,32)29(33,34)35/h3-9,19-20,25,40,42H,10-18H2,1-2H3/t25?,27-/m1/s1. The Morgan fingerprint density at radius 3 is 2.02 bits per heavy atom. The van der Waals surface area contributed by atoms with E-state index >= 15 is 0 Å². The van der Waals surface area contributed by atoms with E-state index in [-0.39, 0.29) is 24.2 Å². The van der Waals surface area contributed by atoms with Gasteiger partial charge in [0.25, 0.3) is 5.91 Å². The molecule has 0 saturated carbocycles. The monoisotopic (exact) mass is 618 g/mol. The van der Waals surface area contributed by atoms with Crippen LogP contribution in [0.5, 0.6) is 0 Å². The zero-order valence-corrected chi connectivity index (χ0v) is 24.3. The first-order valence-corrected chi connectivity index (χ1v) is 14.3. The molecule has 1 unspecified atom stereocenters. The number of aliphatic hydroxyl groups is 2. The number of nitrogens with zero attached hydrogens (tertiary/aromatic N) is 4. The number of likely N-dealkylation sites (tertiary alicyclic amines) is 1. The quantitative estimate of drug-likeness (QED) is 0.240. The maximum Gasteiger partial charge on any atom is 0.457 e. The summed E-state index contributed by atoms with van der Waals surface area (Å²) in [4.78, 5) is 22.3. The van der Waals surface area contributed by atoms with Gasteiger partial charge in [-0.2, -0.15) is 22.0 Å². The average molecular weight is 619 g/mol. The number of hydrogen-bond acceptors (Lipinski definition) is 6. The van der Waals surface area contributed by atoms with Crippen molar-refractivity contribution in [1.29, 1.82) is 0 Å². The maximum atomic E-state index is 14.7. The number of halogens is 6. The zero-order valence-electron chi connectivity index (χ0n) is 23.5. The van der Waals surface area contributed by atoms with Crippen LogP contribution in [-0.4, -0.2) is 83.3 Å². The van der Waals surface area contributed by atoms with Crippen LogP contribution in [0.3, 0.4) is 0 Å². The number of amides is 1. The summed E-state index contributed by atoms with van der Waals surface area (Å²) in [6.45, 7) is 1.47. The van der Waals surface area contributed by atoms with Gasteiger partial charge in [-0.1, -0.05) is 41.9 Å². The minimum atomic E-state index is -6.13. The second-order valence-electron chi connectivity index (χ2n) is 11.4. The summed E-state index contributed by atoms with van der Waals surface area (Å²) in [6, 6.07) is 9.21. The van der Waals surface area contributed by atoms with E-state index in [2.05, 4.69) is 9.88 Å². The van der Waals surface area contributed by atoms with Gasteiger partial charge in [0.15, 0.2) is 0 Å². The van der Waals surface area contributed by atoms with E-state index in [1.165, 1.54) is 18.2 Å². The van der Waals surface area contributed by atoms with E-state index in [0.717, 1.165) is 55.2 Å². The number of hydrogen-bond donors (Lipinski definition) is 2. The van der Waals surface area contributed by atoms with Crippen LogP contribution in [0.25, 0.3) is 0 Å². The molecule has 0 radical (unpaired) electrons. The Labute approximate surface area is 246 Å². The van der Waals surface area contributed by atoms with E-state index in [0.29, 0.717) is 24.3 Å². The maximum absolute atomic E-state index is 14.7. The highest BCUT2D eigenvalue weighted by Gasteiger charge is 2.74. The van der Waals surface area contributed by atoms with E-state index in [4.69, 9.17) is 11.6 Å². The van der Waals surface area contributed by atoms with Gasteiger partial charge in [-0.25, -0.2) is 4.98 Å². The van der Waals surface area contributed by atoms with Crippen LogP contribution in [-0.2, 0) is 10.4 Å². The largest absolute Gasteiger partial charge is 0.457 e. The molecule has 0 aliphatic carbocycles. The molecule has 2 N–H and O–H groups in total. The highest BCUT2D eigenvalue weighted by molar-refractivity contribution is 6.30. The fourth-order valence-electron chi connectivity index (χ4n) is 5.88. The lowest BCUT2D eigenvalue weighted by molar-refractivity contribution is -0.339. The lowest BCUT2D eigenvalue weighted by atomic mass is 9.81. The van der Waals surface area contributed by atoms with Crippen molar-refractivity contribution in [3.63, 3.8) is 0 Å². The van der Waals surface area contributed by atoms with Crippen molar-refractivity contribution in [3.05, 3.63) is 58.7 Å². The van der Waals surface area contributed by atoms with Crippen LogP contribution >= 0.6 is 11.6 Å². The summed E-state index contributed by atoms with van der Waals surface area (Å²) < 4.78 is 69.5. The Morgan fingerprint density at radius 1 is 0.976 bits per heavy atom. The van der Waals surface area contributed by atoms with Crippen molar-refractivity contribution >= 4 is 23.3 Å². The highest BCUT2D eigenvalue weighted by Crippen LogP contribution is 2.49.